The Morgan fingerprint density at radius 1 is 0.778 bits per heavy atom. The first kappa shape index (κ1) is 13.1. The molecule has 18 heavy (non-hydrogen) atoms. The van der Waals surface area contributed by atoms with E-state index in [4.69, 9.17) is 0 Å². The maximum absolute atomic E-state index is 2.32. The van der Waals surface area contributed by atoms with E-state index in [-0.39, 0.29) is 0 Å². The molecule has 0 spiro atoms. The quantitative estimate of drug-likeness (QED) is 0.581. The van der Waals surface area contributed by atoms with Gasteiger partial charge in [-0.2, -0.15) is 0 Å². The van der Waals surface area contributed by atoms with Crippen LogP contribution < -0.4 is 4.90 Å². The van der Waals surface area contributed by atoms with Crippen molar-refractivity contribution in [1.29, 1.82) is 0 Å². The minimum absolute atomic E-state index is 1.22. The van der Waals surface area contributed by atoms with Crippen LogP contribution in [0.15, 0.2) is 48.5 Å². The maximum atomic E-state index is 2.32. The van der Waals surface area contributed by atoms with Gasteiger partial charge in [0.15, 0.2) is 0 Å². The number of benzene rings is 2. The zero-order valence-corrected chi connectivity index (χ0v) is 12.8. The van der Waals surface area contributed by atoms with E-state index in [1.807, 2.05) is 0 Å². The summed E-state index contributed by atoms with van der Waals surface area (Å²) in [7, 11) is 4.10. The van der Waals surface area contributed by atoms with Gasteiger partial charge in [-0.25, -0.2) is 0 Å². The molecule has 92 valence electrons. The number of hydrogen-bond acceptors (Lipinski definition) is 1. The number of rotatable bonds is 3. The predicted octanol–water partition coefficient (Wildman–Crippen LogP) is 4.53. The van der Waals surface area contributed by atoms with E-state index in [9.17, 15) is 0 Å². The van der Waals surface area contributed by atoms with E-state index in [1.165, 1.54) is 20.4 Å². The summed E-state index contributed by atoms with van der Waals surface area (Å²) in [6.07, 6.45) is 4.28. The molecular weight excluding hydrogens is 333 g/mol. The number of nitrogens with zero attached hydrogens (tertiary/aromatic N) is 1. The molecule has 0 radical (unpaired) electrons. The molecule has 0 unspecified atom stereocenters. The Kier molecular flexibility index (Phi) is 4.42. The lowest BCUT2D eigenvalue weighted by Gasteiger charge is -2.11. The lowest BCUT2D eigenvalue weighted by molar-refractivity contribution is 1.13. The molecule has 0 bridgehead atoms. The van der Waals surface area contributed by atoms with Crippen molar-refractivity contribution in [3.8, 4) is 0 Å². The van der Waals surface area contributed by atoms with Gasteiger partial charge in [0.05, 0.1) is 0 Å². The van der Waals surface area contributed by atoms with Crippen molar-refractivity contribution in [2.45, 2.75) is 0 Å². The first-order chi connectivity index (χ1) is 8.65. The van der Waals surface area contributed by atoms with Gasteiger partial charge in [-0.15, -0.1) is 0 Å². The van der Waals surface area contributed by atoms with Crippen LogP contribution in [0.5, 0.6) is 0 Å². The fraction of sp³-hybridized carbons (Fsp3) is 0.125. The standard InChI is InChI=1S/C16H16IN/c1-18(2)16-11-7-14(8-12-16)4-3-13-5-9-15(17)10-6-13/h3-12H,1-2H3. The molecule has 2 heteroatoms. The third-order valence-electron chi connectivity index (χ3n) is 2.75. The van der Waals surface area contributed by atoms with Crippen LogP contribution in [0.1, 0.15) is 11.1 Å². The molecule has 0 aliphatic carbocycles. The summed E-state index contributed by atoms with van der Waals surface area (Å²) in [5, 5.41) is 0. The Labute approximate surface area is 122 Å². The fourth-order valence-electron chi connectivity index (χ4n) is 1.65. The monoisotopic (exact) mass is 349 g/mol. The van der Waals surface area contributed by atoms with Crippen molar-refractivity contribution >= 4 is 40.4 Å². The van der Waals surface area contributed by atoms with Gasteiger partial charge < -0.3 is 4.90 Å². The molecule has 0 saturated carbocycles. The van der Waals surface area contributed by atoms with E-state index in [0.717, 1.165) is 0 Å². The van der Waals surface area contributed by atoms with Crippen molar-refractivity contribution in [2.24, 2.45) is 0 Å². The summed E-state index contributed by atoms with van der Waals surface area (Å²) in [6, 6.07) is 17.0. The second-order valence-corrected chi connectivity index (χ2v) is 5.62. The topological polar surface area (TPSA) is 3.24 Å². The van der Waals surface area contributed by atoms with Gasteiger partial charge in [-0.05, 0) is 58.0 Å². The molecule has 0 aromatic heterocycles. The Balaban J connectivity index is 2.11. The van der Waals surface area contributed by atoms with Gasteiger partial charge >= 0.3 is 0 Å². The van der Waals surface area contributed by atoms with E-state index in [1.54, 1.807) is 0 Å². The maximum Gasteiger partial charge on any atom is 0.0361 e. The van der Waals surface area contributed by atoms with Crippen molar-refractivity contribution in [3.63, 3.8) is 0 Å². The molecule has 0 aliphatic heterocycles. The van der Waals surface area contributed by atoms with Crippen molar-refractivity contribution in [1.82, 2.24) is 0 Å². The molecule has 1 nitrogen and oxygen atoms in total. The lowest BCUT2D eigenvalue weighted by Crippen LogP contribution is -2.07. The predicted molar refractivity (Wildman–Crippen MR) is 88.9 cm³/mol. The molecule has 2 rings (SSSR count). The largest absolute Gasteiger partial charge is 0.378 e. The molecular formula is C16H16IN. The van der Waals surface area contributed by atoms with Crippen LogP contribution in [0.25, 0.3) is 12.2 Å². The molecule has 2 aromatic rings. The highest BCUT2D eigenvalue weighted by Crippen LogP contribution is 2.15. The van der Waals surface area contributed by atoms with Crippen LogP contribution in [0, 0.1) is 3.57 Å². The van der Waals surface area contributed by atoms with E-state index in [0.29, 0.717) is 0 Å². The Hall–Kier alpha value is -1.29. The summed E-state index contributed by atoms with van der Waals surface area (Å²) in [5.74, 6) is 0. The second kappa shape index (κ2) is 6.05. The first-order valence-corrected chi connectivity index (χ1v) is 6.94. The Bertz CT molecular complexity index is 524. The molecule has 0 fully saturated rings. The first-order valence-electron chi connectivity index (χ1n) is 5.86. The summed E-state index contributed by atoms with van der Waals surface area (Å²) < 4.78 is 1.26. The van der Waals surface area contributed by atoms with E-state index in [2.05, 4.69) is 102 Å². The molecule has 0 atom stereocenters. The van der Waals surface area contributed by atoms with Crippen LogP contribution in [-0.4, -0.2) is 14.1 Å². The lowest BCUT2D eigenvalue weighted by atomic mass is 10.1. The molecule has 0 amide bonds. The average Bonchev–Trinajstić information content (AvgIpc) is 2.38. The average molecular weight is 349 g/mol. The van der Waals surface area contributed by atoms with Gasteiger partial charge in [0.2, 0.25) is 0 Å². The van der Waals surface area contributed by atoms with Crippen LogP contribution in [0.4, 0.5) is 5.69 Å². The SMILES string of the molecule is CN(C)c1ccc(C=Cc2ccc(I)cc2)cc1. The molecule has 2 aromatic carbocycles. The minimum Gasteiger partial charge on any atom is -0.378 e. The number of halogens is 1. The minimum atomic E-state index is 1.22. The van der Waals surface area contributed by atoms with Gasteiger partial charge in [-0.3, -0.25) is 0 Å². The third kappa shape index (κ3) is 3.60. The highest BCUT2D eigenvalue weighted by Gasteiger charge is 1.93. The van der Waals surface area contributed by atoms with Crippen molar-refractivity contribution < 1.29 is 0 Å². The smallest absolute Gasteiger partial charge is 0.0361 e. The summed E-state index contributed by atoms with van der Waals surface area (Å²) in [6.45, 7) is 0. The van der Waals surface area contributed by atoms with E-state index < -0.39 is 0 Å². The zero-order chi connectivity index (χ0) is 13.0. The molecule has 0 aliphatic rings. The summed E-state index contributed by atoms with van der Waals surface area (Å²) in [4.78, 5) is 2.10. The third-order valence-corrected chi connectivity index (χ3v) is 3.47. The van der Waals surface area contributed by atoms with Crippen LogP contribution >= 0.6 is 22.6 Å². The fourth-order valence-corrected chi connectivity index (χ4v) is 2.01. The van der Waals surface area contributed by atoms with Gasteiger partial charge in [0, 0.05) is 23.4 Å². The molecule has 0 heterocycles. The normalized spacial score (nSPS) is 10.8. The number of anilines is 1. The van der Waals surface area contributed by atoms with Gasteiger partial charge in [-0.1, -0.05) is 36.4 Å². The molecule has 0 N–H and O–H groups in total. The summed E-state index contributed by atoms with van der Waals surface area (Å²) in [5.41, 5.74) is 3.67. The summed E-state index contributed by atoms with van der Waals surface area (Å²) >= 11 is 2.32. The van der Waals surface area contributed by atoms with Crippen LogP contribution in [0.2, 0.25) is 0 Å². The highest BCUT2D eigenvalue weighted by atomic mass is 127. The Morgan fingerprint density at radius 3 is 1.67 bits per heavy atom. The van der Waals surface area contributed by atoms with Crippen molar-refractivity contribution in [3.05, 3.63) is 63.2 Å². The second-order valence-electron chi connectivity index (χ2n) is 4.37. The molecule has 0 saturated heterocycles. The highest BCUT2D eigenvalue weighted by molar-refractivity contribution is 14.1. The van der Waals surface area contributed by atoms with Crippen LogP contribution in [0.3, 0.4) is 0 Å². The zero-order valence-electron chi connectivity index (χ0n) is 10.6. The van der Waals surface area contributed by atoms with Gasteiger partial charge in [0.25, 0.3) is 0 Å². The number of hydrogen-bond donors (Lipinski definition) is 0. The van der Waals surface area contributed by atoms with Gasteiger partial charge in [0.1, 0.15) is 0 Å². The van der Waals surface area contributed by atoms with Crippen molar-refractivity contribution in [2.75, 3.05) is 19.0 Å². The van der Waals surface area contributed by atoms with Crippen LogP contribution in [-0.2, 0) is 0 Å². The van der Waals surface area contributed by atoms with E-state index >= 15 is 0 Å². The Morgan fingerprint density at radius 2 is 1.22 bits per heavy atom.